The van der Waals surface area contributed by atoms with E-state index >= 15 is 0 Å². The summed E-state index contributed by atoms with van der Waals surface area (Å²) < 4.78 is 2.33. The van der Waals surface area contributed by atoms with Crippen LogP contribution in [0.5, 0.6) is 0 Å². The number of fused-ring (bicyclic) bond motifs is 3. The van der Waals surface area contributed by atoms with Gasteiger partial charge in [-0.2, -0.15) is 0 Å². The molecule has 0 amide bonds. The highest BCUT2D eigenvalue weighted by atomic mass is 15.0. The molecule has 0 atom stereocenters. The molecule has 0 N–H and O–H groups in total. The van der Waals surface area contributed by atoms with Gasteiger partial charge in [-0.1, -0.05) is 60.7 Å². The summed E-state index contributed by atoms with van der Waals surface area (Å²) in [6.07, 6.45) is 1.90. The van der Waals surface area contributed by atoms with Crippen LogP contribution in [0.4, 0.5) is 0 Å². The maximum absolute atomic E-state index is 4.63. The second-order valence-corrected chi connectivity index (χ2v) is 6.58. The van der Waals surface area contributed by atoms with Gasteiger partial charge in [0.1, 0.15) is 0 Å². The Bertz CT molecular complexity index is 1190. The van der Waals surface area contributed by atoms with E-state index in [4.69, 9.17) is 0 Å². The lowest BCUT2D eigenvalue weighted by Crippen LogP contribution is -1.96. The van der Waals surface area contributed by atoms with Crippen LogP contribution in [-0.2, 0) is 0 Å². The number of rotatable bonds is 2. The highest BCUT2D eigenvalue weighted by Gasteiger charge is 2.12. The number of benzene rings is 3. The average molecular weight is 334 g/mol. The summed E-state index contributed by atoms with van der Waals surface area (Å²) >= 11 is 0. The lowest BCUT2D eigenvalue weighted by atomic mass is 10.1. The van der Waals surface area contributed by atoms with E-state index in [0.717, 1.165) is 11.4 Å². The Kier molecular flexibility index (Phi) is 3.36. The predicted molar refractivity (Wildman–Crippen MR) is 109 cm³/mol. The van der Waals surface area contributed by atoms with Crippen LogP contribution in [0.2, 0.25) is 0 Å². The largest absolute Gasteiger partial charge is 0.309 e. The van der Waals surface area contributed by atoms with E-state index in [-0.39, 0.29) is 0 Å². The Hall–Kier alpha value is -3.39. The van der Waals surface area contributed by atoms with Crippen LogP contribution in [0.25, 0.3) is 38.8 Å². The van der Waals surface area contributed by atoms with Crippen molar-refractivity contribution in [2.24, 2.45) is 0 Å². The van der Waals surface area contributed by atoms with E-state index < -0.39 is 0 Å². The second kappa shape index (κ2) is 5.85. The predicted octanol–water partition coefficient (Wildman–Crippen LogP) is 6.15. The lowest BCUT2D eigenvalue weighted by Gasteiger charge is -2.10. The van der Waals surface area contributed by atoms with Crippen molar-refractivity contribution in [1.82, 2.24) is 9.55 Å². The molecule has 0 aliphatic rings. The van der Waals surface area contributed by atoms with Crippen molar-refractivity contribution in [3.8, 4) is 16.9 Å². The van der Waals surface area contributed by atoms with Crippen LogP contribution in [0.15, 0.2) is 91.1 Å². The zero-order chi connectivity index (χ0) is 17.5. The van der Waals surface area contributed by atoms with Crippen LogP contribution in [0.3, 0.4) is 0 Å². The molecule has 0 spiro atoms. The fraction of sp³-hybridized carbons (Fsp3) is 0.0417. The van der Waals surface area contributed by atoms with Gasteiger partial charge in [-0.3, -0.25) is 4.98 Å². The SMILES string of the molecule is Cc1ccccc1-c1cc(-n2c3ccccc3c3ccccc32)ccn1. The highest BCUT2D eigenvalue weighted by Crippen LogP contribution is 2.32. The smallest absolute Gasteiger partial charge is 0.0725 e. The molecule has 124 valence electrons. The van der Waals surface area contributed by atoms with Gasteiger partial charge in [-0.25, -0.2) is 0 Å². The quantitative estimate of drug-likeness (QED) is 0.378. The Morgan fingerprint density at radius 3 is 2.00 bits per heavy atom. The molecule has 0 saturated carbocycles. The minimum Gasteiger partial charge on any atom is -0.309 e. The van der Waals surface area contributed by atoms with Crippen LogP contribution in [0.1, 0.15) is 5.56 Å². The number of pyridine rings is 1. The molecule has 2 aromatic heterocycles. The molecule has 2 heterocycles. The van der Waals surface area contributed by atoms with Crippen LogP contribution in [0, 0.1) is 6.92 Å². The second-order valence-electron chi connectivity index (χ2n) is 6.58. The maximum Gasteiger partial charge on any atom is 0.0725 e. The first kappa shape index (κ1) is 14.9. The fourth-order valence-corrected chi connectivity index (χ4v) is 3.77. The van der Waals surface area contributed by atoms with E-state index in [1.807, 2.05) is 6.20 Å². The van der Waals surface area contributed by atoms with Gasteiger partial charge in [0.15, 0.2) is 0 Å². The number of hydrogen-bond donors (Lipinski definition) is 0. The molecule has 5 aromatic rings. The Morgan fingerprint density at radius 2 is 1.31 bits per heavy atom. The first-order valence-corrected chi connectivity index (χ1v) is 8.83. The summed E-state index contributed by atoms with van der Waals surface area (Å²) in [7, 11) is 0. The lowest BCUT2D eigenvalue weighted by molar-refractivity contribution is 1.16. The van der Waals surface area contributed by atoms with Crippen molar-refractivity contribution in [2.75, 3.05) is 0 Å². The topological polar surface area (TPSA) is 17.8 Å². The van der Waals surface area contributed by atoms with Gasteiger partial charge in [-0.05, 0) is 36.8 Å². The normalized spacial score (nSPS) is 11.3. The summed E-state index contributed by atoms with van der Waals surface area (Å²) in [5.74, 6) is 0. The minimum absolute atomic E-state index is 1.00. The zero-order valence-electron chi connectivity index (χ0n) is 14.6. The van der Waals surface area contributed by atoms with Crippen molar-refractivity contribution in [1.29, 1.82) is 0 Å². The van der Waals surface area contributed by atoms with Gasteiger partial charge in [0.25, 0.3) is 0 Å². The third kappa shape index (κ3) is 2.23. The third-order valence-electron chi connectivity index (χ3n) is 5.00. The van der Waals surface area contributed by atoms with Crippen molar-refractivity contribution < 1.29 is 0 Å². The van der Waals surface area contributed by atoms with Crippen molar-refractivity contribution in [3.63, 3.8) is 0 Å². The van der Waals surface area contributed by atoms with Gasteiger partial charge in [0, 0.05) is 28.2 Å². The molecular weight excluding hydrogens is 316 g/mol. The summed E-state index contributed by atoms with van der Waals surface area (Å²) in [4.78, 5) is 4.63. The third-order valence-corrected chi connectivity index (χ3v) is 5.00. The molecule has 2 nitrogen and oxygen atoms in total. The number of aromatic nitrogens is 2. The average Bonchev–Trinajstić information content (AvgIpc) is 3.03. The fourth-order valence-electron chi connectivity index (χ4n) is 3.77. The van der Waals surface area contributed by atoms with Crippen LogP contribution < -0.4 is 0 Å². The van der Waals surface area contributed by atoms with Crippen LogP contribution >= 0.6 is 0 Å². The molecule has 0 unspecified atom stereocenters. The molecule has 3 aromatic carbocycles. The summed E-state index contributed by atoms with van der Waals surface area (Å²) in [5, 5.41) is 2.55. The molecule has 2 heteroatoms. The van der Waals surface area contributed by atoms with Gasteiger partial charge in [0.2, 0.25) is 0 Å². The van der Waals surface area contributed by atoms with E-state index in [1.165, 1.54) is 32.9 Å². The Labute approximate surface area is 152 Å². The van der Waals surface area contributed by atoms with E-state index in [2.05, 4.69) is 101 Å². The molecule has 0 fully saturated rings. The molecule has 0 saturated heterocycles. The van der Waals surface area contributed by atoms with E-state index in [9.17, 15) is 0 Å². The van der Waals surface area contributed by atoms with Crippen LogP contribution in [-0.4, -0.2) is 9.55 Å². The summed E-state index contributed by atoms with van der Waals surface area (Å²) in [6.45, 7) is 2.13. The summed E-state index contributed by atoms with van der Waals surface area (Å²) in [5.41, 5.74) is 6.99. The number of hydrogen-bond acceptors (Lipinski definition) is 1. The molecule has 0 aliphatic heterocycles. The van der Waals surface area contributed by atoms with Gasteiger partial charge >= 0.3 is 0 Å². The molecule has 0 bridgehead atoms. The maximum atomic E-state index is 4.63. The Morgan fingerprint density at radius 1 is 0.692 bits per heavy atom. The first-order chi connectivity index (χ1) is 12.8. The molecule has 26 heavy (non-hydrogen) atoms. The number of aryl methyl sites for hydroxylation is 1. The Balaban J connectivity index is 1.81. The molecule has 0 aliphatic carbocycles. The monoisotopic (exact) mass is 334 g/mol. The number of nitrogens with zero attached hydrogens (tertiary/aromatic N) is 2. The molecule has 5 rings (SSSR count). The van der Waals surface area contributed by atoms with E-state index in [1.54, 1.807) is 0 Å². The van der Waals surface area contributed by atoms with Gasteiger partial charge in [-0.15, -0.1) is 0 Å². The number of para-hydroxylation sites is 2. The minimum atomic E-state index is 1.00. The molecule has 0 radical (unpaired) electrons. The van der Waals surface area contributed by atoms with E-state index in [0.29, 0.717) is 0 Å². The first-order valence-electron chi connectivity index (χ1n) is 8.83. The molecular formula is C24H18N2. The van der Waals surface area contributed by atoms with Gasteiger partial charge < -0.3 is 4.57 Å². The highest BCUT2D eigenvalue weighted by molar-refractivity contribution is 6.09. The van der Waals surface area contributed by atoms with Crippen molar-refractivity contribution in [3.05, 3.63) is 96.7 Å². The van der Waals surface area contributed by atoms with Crippen molar-refractivity contribution >= 4 is 21.8 Å². The standard InChI is InChI=1S/C24H18N2/c1-17-8-2-3-9-19(17)22-16-18(14-15-25-22)26-23-12-6-4-10-20(23)21-11-5-7-13-24(21)26/h2-16H,1H3. The van der Waals surface area contributed by atoms with Gasteiger partial charge in [0.05, 0.1) is 16.7 Å². The summed E-state index contributed by atoms with van der Waals surface area (Å²) in [6, 6.07) is 29.8. The zero-order valence-corrected chi connectivity index (χ0v) is 14.6. The van der Waals surface area contributed by atoms with Crippen molar-refractivity contribution in [2.45, 2.75) is 6.92 Å².